The van der Waals surface area contributed by atoms with Crippen LogP contribution in [0, 0.1) is 21.7 Å². The second-order valence-electron chi connectivity index (χ2n) is 11.5. The molecule has 0 amide bonds. The zero-order chi connectivity index (χ0) is 18.2. The van der Waals surface area contributed by atoms with Crippen LogP contribution in [0.25, 0.3) is 0 Å². The van der Waals surface area contributed by atoms with Crippen molar-refractivity contribution in [2.75, 3.05) is 13.2 Å². The van der Waals surface area contributed by atoms with Crippen LogP contribution in [0.3, 0.4) is 0 Å². The number of hydrogen-bond acceptors (Lipinski definition) is 1. The van der Waals surface area contributed by atoms with Crippen LogP contribution < -0.4 is 0 Å². The zero-order valence-corrected chi connectivity index (χ0v) is 17.9. The highest BCUT2D eigenvalue weighted by molar-refractivity contribution is 4.71. The molecule has 136 valence electrons. The average molecular weight is 315 g/mol. The molecule has 0 aliphatic carbocycles. The van der Waals surface area contributed by atoms with Crippen LogP contribution >= 0.6 is 0 Å². The lowest BCUT2D eigenvalue weighted by Gasteiger charge is -2.28. The molecule has 1 nitrogen and oxygen atoms in total. The largest absolute Gasteiger partial charge is 0.381 e. The molecule has 0 spiro atoms. The molecule has 0 aromatic rings. The van der Waals surface area contributed by atoms with E-state index in [2.05, 4.69) is 83.1 Å². The Labute approximate surface area is 142 Å². The molecule has 0 fully saturated rings. The molecule has 0 aliphatic heterocycles. The molecule has 1 heteroatoms. The maximum Gasteiger partial charge on any atom is 0.0471 e. The standard InChI is InChI=1S/C12H26O.C9H20/c1-11(2,3)7-9-13-10-8-12(4,5)6;1-8(2,3)7-9(4,5)6/h7-10H2,1-6H3;7H2,1-6H3. The summed E-state index contributed by atoms with van der Waals surface area (Å²) in [4.78, 5) is 0. The third kappa shape index (κ3) is 28.2. The molecule has 0 bridgehead atoms. The summed E-state index contributed by atoms with van der Waals surface area (Å²) >= 11 is 0. The molecule has 0 rings (SSSR count). The highest BCUT2D eigenvalue weighted by Crippen LogP contribution is 2.31. The molecule has 0 atom stereocenters. The van der Waals surface area contributed by atoms with Crippen LogP contribution in [0.15, 0.2) is 0 Å². The van der Waals surface area contributed by atoms with Gasteiger partial charge in [-0.1, -0.05) is 83.1 Å². The first-order valence-corrected chi connectivity index (χ1v) is 8.99. The van der Waals surface area contributed by atoms with Crippen LogP contribution in [0.1, 0.15) is 102 Å². The lowest BCUT2D eigenvalue weighted by Crippen LogP contribution is -2.16. The third-order valence-electron chi connectivity index (χ3n) is 3.05. The minimum atomic E-state index is 0.404. The predicted molar refractivity (Wildman–Crippen MR) is 102 cm³/mol. The molecule has 0 aliphatic rings. The molecular weight excluding hydrogens is 268 g/mol. The highest BCUT2D eigenvalue weighted by atomic mass is 16.5. The Morgan fingerprint density at radius 3 is 0.864 bits per heavy atom. The average Bonchev–Trinajstić information content (AvgIpc) is 2.07. The summed E-state index contributed by atoms with van der Waals surface area (Å²) < 4.78 is 5.59. The smallest absolute Gasteiger partial charge is 0.0471 e. The lowest BCUT2D eigenvalue weighted by atomic mass is 9.78. The summed E-state index contributed by atoms with van der Waals surface area (Å²) in [6, 6.07) is 0. The van der Waals surface area contributed by atoms with Gasteiger partial charge in [-0.05, 0) is 40.9 Å². The molecule has 0 N–H and O–H groups in total. The fourth-order valence-electron chi connectivity index (χ4n) is 2.45. The Morgan fingerprint density at radius 2 is 0.727 bits per heavy atom. The quantitative estimate of drug-likeness (QED) is 0.493. The summed E-state index contributed by atoms with van der Waals surface area (Å²) in [6.07, 6.45) is 3.59. The van der Waals surface area contributed by atoms with Crippen LogP contribution in [0.4, 0.5) is 0 Å². The first-order chi connectivity index (χ1) is 9.41. The Morgan fingerprint density at radius 1 is 0.455 bits per heavy atom. The van der Waals surface area contributed by atoms with E-state index >= 15 is 0 Å². The molecule has 0 radical (unpaired) electrons. The molecule has 0 unspecified atom stereocenters. The Bertz CT molecular complexity index is 234. The van der Waals surface area contributed by atoms with Crippen molar-refractivity contribution in [2.24, 2.45) is 21.7 Å². The second kappa shape index (κ2) is 9.30. The summed E-state index contributed by atoms with van der Waals surface area (Å²) in [5.74, 6) is 0. The van der Waals surface area contributed by atoms with Gasteiger partial charge in [0.15, 0.2) is 0 Å². The summed E-state index contributed by atoms with van der Waals surface area (Å²) in [6.45, 7) is 29.0. The van der Waals surface area contributed by atoms with Gasteiger partial charge in [0, 0.05) is 13.2 Å². The first kappa shape index (κ1) is 24.2. The van der Waals surface area contributed by atoms with Crippen LogP contribution in [-0.2, 0) is 4.74 Å². The van der Waals surface area contributed by atoms with Gasteiger partial charge in [-0.15, -0.1) is 0 Å². The van der Waals surface area contributed by atoms with Gasteiger partial charge in [0.05, 0.1) is 0 Å². The minimum absolute atomic E-state index is 0.404. The predicted octanol–water partition coefficient (Wildman–Crippen LogP) is 7.34. The van der Waals surface area contributed by atoms with E-state index in [4.69, 9.17) is 4.74 Å². The fraction of sp³-hybridized carbons (Fsp3) is 1.00. The van der Waals surface area contributed by atoms with E-state index in [1.165, 1.54) is 6.42 Å². The zero-order valence-electron chi connectivity index (χ0n) is 17.9. The molecule has 0 aromatic carbocycles. The number of hydrogen-bond donors (Lipinski definition) is 0. The molecule has 0 aromatic heterocycles. The summed E-state index contributed by atoms with van der Waals surface area (Å²) in [5.41, 5.74) is 1.78. The maximum absolute atomic E-state index is 5.59. The van der Waals surface area contributed by atoms with E-state index in [1.807, 2.05) is 0 Å². The number of ether oxygens (including phenoxy) is 1. The maximum atomic E-state index is 5.59. The van der Waals surface area contributed by atoms with E-state index in [0.29, 0.717) is 21.7 Å². The van der Waals surface area contributed by atoms with Gasteiger partial charge >= 0.3 is 0 Å². The molecule has 0 saturated heterocycles. The van der Waals surface area contributed by atoms with Gasteiger partial charge in [0.1, 0.15) is 0 Å². The normalized spacial score (nSPS) is 13.6. The van der Waals surface area contributed by atoms with E-state index in [-0.39, 0.29) is 0 Å². The van der Waals surface area contributed by atoms with Gasteiger partial charge in [0.25, 0.3) is 0 Å². The van der Waals surface area contributed by atoms with Gasteiger partial charge in [-0.3, -0.25) is 0 Å². The Hall–Kier alpha value is -0.0400. The highest BCUT2D eigenvalue weighted by Gasteiger charge is 2.20. The number of rotatable bonds is 4. The van der Waals surface area contributed by atoms with Gasteiger partial charge in [-0.25, -0.2) is 0 Å². The Kier molecular flexibility index (Phi) is 10.2. The van der Waals surface area contributed by atoms with E-state index in [1.54, 1.807) is 0 Å². The second-order valence-corrected chi connectivity index (χ2v) is 11.5. The van der Waals surface area contributed by atoms with Crippen molar-refractivity contribution in [3.8, 4) is 0 Å². The van der Waals surface area contributed by atoms with Crippen molar-refractivity contribution in [1.29, 1.82) is 0 Å². The van der Waals surface area contributed by atoms with Gasteiger partial charge in [0.2, 0.25) is 0 Å². The Balaban J connectivity index is 0. The van der Waals surface area contributed by atoms with Crippen molar-refractivity contribution in [1.82, 2.24) is 0 Å². The van der Waals surface area contributed by atoms with E-state index in [0.717, 1.165) is 26.1 Å². The first-order valence-electron chi connectivity index (χ1n) is 8.99. The van der Waals surface area contributed by atoms with Crippen molar-refractivity contribution in [2.45, 2.75) is 102 Å². The van der Waals surface area contributed by atoms with Crippen LogP contribution in [0.2, 0.25) is 0 Å². The third-order valence-corrected chi connectivity index (χ3v) is 3.05. The van der Waals surface area contributed by atoms with Crippen LogP contribution in [0.5, 0.6) is 0 Å². The van der Waals surface area contributed by atoms with Crippen molar-refractivity contribution < 1.29 is 4.74 Å². The SMILES string of the molecule is CC(C)(C)CC(C)(C)C.CC(C)(C)CCOCCC(C)(C)C. The van der Waals surface area contributed by atoms with Crippen molar-refractivity contribution in [3.05, 3.63) is 0 Å². The molecular formula is C21H46O. The topological polar surface area (TPSA) is 9.23 Å². The van der Waals surface area contributed by atoms with Gasteiger partial charge < -0.3 is 4.74 Å². The summed E-state index contributed by atoms with van der Waals surface area (Å²) in [7, 11) is 0. The monoisotopic (exact) mass is 314 g/mol. The molecule has 22 heavy (non-hydrogen) atoms. The lowest BCUT2D eigenvalue weighted by molar-refractivity contribution is 0.0881. The van der Waals surface area contributed by atoms with E-state index < -0.39 is 0 Å². The fourth-order valence-corrected chi connectivity index (χ4v) is 2.45. The van der Waals surface area contributed by atoms with Crippen LogP contribution in [-0.4, -0.2) is 13.2 Å². The van der Waals surface area contributed by atoms with E-state index in [9.17, 15) is 0 Å². The van der Waals surface area contributed by atoms with Gasteiger partial charge in [-0.2, -0.15) is 0 Å². The minimum Gasteiger partial charge on any atom is -0.381 e. The van der Waals surface area contributed by atoms with Crippen molar-refractivity contribution in [3.63, 3.8) is 0 Å². The molecule has 0 saturated carbocycles. The molecule has 0 heterocycles. The summed E-state index contributed by atoms with van der Waals surface area (Å²) in [5, 5.41) is 0. The van der Waals surface area contributed by atoms with Crippen molar-refractivity contribution >= 4 is 0 Å².